The summed E-state index contributed by atoms with van der Waals surface area (Å²) in [6, 6.07) is 5.97. The predicted octanol–water partition coefficient (Wildman–Crippen LogP) is 2.67. The molecule has 2 bridgehead atoms. The highest BCUT2D eigenvalue weighted by Crippen LogP contribution is 2.60. The summed E-state index contributed by atoms with van der Waals surface area (Å²) < 4.78 is 20.0. The number of pyridine rings is 1. The molecule has 3 aromatic rings. The molecule has 8 rings (SSSR count). The lowest BCUT2D eigenvalue weighted by Crippen LogP contribution is -2.55. The van der Waals surface area contributed by atoms with E-state index in [1.54, 1.807) is 11.8 Å². The average molecular weight is 520 g/mol. The van der Waals surface area contributed by atoms with E-state index < -0.39 is 17.2 Å². The number of likely N-dealkylation sites (tertiary alicyclic amines) is 1. The first-order valence-corrected chi connectivity index (χ1v) is 13.4. The van der Waals surface area contributed by atoms with Crippen molar-refractivity contribution in [3.05, 3.63) is 47.4 Å². The van der Waals surface area contributed by atoms with Gasteiger partial charge in [0.1, 0.15) is 23.1 Å². The Balaban J connectivity index is 1.12. The second-order valence-corrected chi connectivity index (χ2v) is 12.0. The SMILES string of the molecule is C[C@@H](Oc1ccc2ncc3c(c2c1)CCOC3)c1cn(C23CC(C)(C2)OC3C(=O)N2CC[C@](C)(O)C2)nn1. The maximum absolute atomic E-state index is 13.5. The first-order chi connectivity index (χ1) is 18.1. The molecule has 1 saturated carbocycles. The Bertz CT molecular complexity index is 1430. The van der Waals surface area contributed by atoms with Crippen LogP contribution in [0, 0.1) is 0 Å². The van der Waals surface area contributed by atoms with E-state index >= 15 is 0 Å². The van der Waals surface area contributed by atoms with Crippen LogP contribution in [-0.4, -0.2) is 72.9 Å². The van der Waals surface area contributed by atoms with Crippen molar-refractivity contribution >= 4 is 16.8 Å². The van der Waals surface area contributed by atoms with E-state index in [1.165, 1.54) is 5.56 Å². The minimum atomic E-state index is -0.854. The molecule has 1 unspecified atom stereocenters. The van der Waals surface area contributed by atoms with Crippen molar-refractivity contribution in [1.82, 2.24) is 24.9 Å². The zero-order valence-electron chi connectivity index (χ0n) is 22.0. The number of aromatic nitrogens is 4. The minimum Gasteiger partial charge on any atom is -0.484 e. The van der Waals surface area contributed by atoms with E-state index in [4.69, 9.17) is 14.2 Å². The molecule has 3 atom stereocenters. The molecule has 2 aromatic heterocycles. The molecule has 10 heteroatoms. The Labute approximate surface area is 220 Å². The zero-order chi connectivity index (χ0) is 26.3. The van der Waals surface area contributed by atoms with Gasteiger partial charge in [0, 0.05) is 37.5 Å². The molecule has 3 saturated heterocycles. The lowest BCUT2D eigenvalue weighted by atomic mass is 9.67. The Hall–Kier alpha value is -3.08. The van der Waals surface area contributed by atoms with Gasteiger partial charge in [-0.15, -0.1) is 5.10 Å². The molecule has 4 fully saturated rings. The monoisotopic (exact) mass is 519 g/mol. The van der Waals surface area contributed by atoms with Crippen molar-refractivity contribution in [2.75, 3.05) is 19.7 Å². The molecular formula is C28H33N5O5. The van der Waals surface area contributed by atoms with Crippen molar-refractivity contribution in [3.8, 4) is 5.75 Å². The lowest BCUT2D eigenvalue weighted by Gasteiger charge is -2.43. The maximum atomic E-state index is 13.5. The molecule has 0 spiro atoms. The number of benzene rings is 1. The normalized spacial score (nSPS) is 32.7. The standard InChI is InChI=1S/C28H33N5O5/c1-17(37-19-4-5-22-21(10-19)20-6-9-36-13-18(20)11-29-22)23-12-33(31-30-23)28-14-27(3,15-28)38-24(28)25(34)32-8-7-26(2,35)16-32/h4-5,10-12,17,24,35H,6-9,13-16H2,1-3H3/t17-,24?,26+,27?,28?/m1/s1. The summed E-state index contributed by atoms with van der Waals surface area (Å²) in [4.78, 5) is 19.8. The van der Waals surface area contributed by atoms with E-state index in [9.17, 15) is 9.90 Å². The number of β-amino-alcohol motifs (C(OH)–C–C–N with tert-alkyl or cyclic N) is 1. The van der Waals surface area contributed by atoms with E-state index in [-0.39, 0.29) is 17.6 Å². The highest BCUT2D eigenvalue weighted by molar-refractivity contribution is 5.85. The van der Waals surface area contributed by atoms with Crippen LogP contribution in [0.3, 0.4) is 0 Å². The first kappa shape index (κ1) is 24.0. The first-order valence-electron chi connectivity index (χ1n) is 13.4. The smallest absolute Gasteiger partial charge is 0.254 e. The van der Waals surface area contributed by atoms with E-state index in [1.807, 2.05) is 49.1 Å². The Morgan fingerprint density at radius 2 is 2.13 bits per heavy atom. The number of hydrogen-bond donors (Lipinski definition) is 1. The van der Waals surface area contributed by atoms with Gasteiger partial charge in [-0.2, -0.15) is 0 Å². The van der Waals surface area contributed by atoms with Gasteiger partial charge < -0.3 is 24.2 Å². The number of nitrogens with zero attached hydrogens (tertiary/aromatic N) is 5. The number of rotatable bonds is 5. The minimum absolute atomic E-state index is 0.0798. The van der Waals surface area contributed by atoms with Crippen molar-refractivity contribution in [3.63, 3.8) is 0 Å². The van der Waals surface area contributed by atoms with Crippen LogP contribution in [0.1, 0.15) is 63.0 Å². The Morgan fingerprint density at radius 1 is 1.29 bits per heavy atom. The van der Waals surface area contributed by atoms with Crippen molar-refractivity contribution in [2.45, 2.75) is 82.0 Å². The van der Waals surface area contributed by atoms with Crippen LogP contribution in [0.25, 0.3) is 10.9 Å². The van der Waals surface area contributed by atoms with Gasteiger partial charge in [0.25, 0.3) is 5.91 Å². The number of ether oxygens (including phenoxy) is 3. The molecule has 10 nitrogen and oxygen atoms in total. The average Bonchev–Trinajstić information content (AvgIpc) is 3.64. The summed E-state index contributed by atoms with van der Waals surface area (Å²) in [5.41, 5.74) is 2.27. The number of amides is 1. The summed E-state index contributed by atoms with van der Waals surface area (Å²) in [6.45, 7) is 7.92. The van der Waals surface area contributed by atoms with Crippen LogP contribution >= 0.6 is 0 Å². The topological polar surface area (TPSA) is 112 Å². The zero-order valence-corrected chi connectivity index (χ0v) is 22.0. The fourth-order valence-corrected chi connectivity index (χ4v) is 6.83. The molecule has 4 aliphatic heterocycles. The molecule has 38 heavy (non-hydrogen) atoms. The summed E-state index contributed by atoms with van der Waals surface area (Å²) >= 11 is 0. The Kier molecular flexibility index (Phi) is 5.18. The predicted molar refractivity (Wildman–Crippen MR) is 136 cm³/mol. The third-order valence-corrected chi connectivity index (χ3v) is 8.73. The van der Waals surface area contributed by atoms with Crippen LogP contribution < -0.4 is 4.74 Å². The van der Waals surface area contributed by atoms with Gasteiger partial charge >= 0.3 is 0 Å². The maximum Gasteiger partial charge on any atom is 0.254 e. The van der Waals surface area contributed by atoms with Gasteiger partial charge in [0.05, 0.1) is 36.1 Å². The van der Waals surface area contributed by atoms with Crippen LogP contribution in [0.4, 0.5) is 0 Å². The van der Waals surface area contributed by atoms with Gasteiger partial charge in [0.2, 0.25) is 0 Å². The van der Waals surface area contributed by atoms with Gasteiger partial charge in [-0.3, -0.25) is 9.78 Å². The number of carbonyl (C=O) groups excluding carboxylic acids is 1. The second kappa shape index (κ2) is 8.21. The lowest BCUT2D eigenvalue weighted by molar-refractivity contribution is -0.144. The van der Waals surface area contributed by atoms with Gasteiger partial charge in [0.15, 0.2) is 6.10 Å². The summed E-state index contributed by atoms with van der Waals surface area (Å²) in [6.07, 6.45) is 5.64. The quantitative estimate of drug-likeness (QED) is 0.548. The number of hydrogen-bond acceptors (Lipinski definition) is 8. The third kappa shape index (κ3) is 3.72. The van der Waals surface area contributed by atoms with E-state index in [0.717, 1.165) is 28.6 Å². The highest BCUT2D eigenvalue weighted by Gasteiger charge is 2.70. The van der Waals surface area contributed by atoms with Crippen LogP contribution in [0.5, 0.6) is 5.75 Å². The molecule has 6 heterocycles. The van der Waals surface area contributed by atoms with Crippen molar-refractivity contribution in [2.24, 2.45) is 0 Å². The largest absolute Gasteiger partial charge is 0.484 e. The fraction of sp³-hybridized carbons (Fsp3) is 0.571. The van der Waals surface area contributed by atoms with Gasteiger partial charge in [-0.1, -0.05) is 5.21 Å². The van der Waals surface area contributed by atoms with E-state index in [0.29, 0.717) is 51.3 Å². The van der Waals surface area contributed by atoms with Crippen LogP contribution in [-0.2, 0) is 32.8 Å². The van der Waals surface area contributed by atoms with Crippen LogP contribution in [0.2, 0.25) is 0 Å². The Morgan fingerprint density at radius 3 is 2.92 bits per heavy atom. The number of fused-ring (bicyclic) bond motifs is 4. The molecule has 1 amide bonds. The molecule has 200 valence electrons. The van der Waals surface area contributed by atoms with Gasteiger partial charge in [-0.25, -0.2) is 4.68 Å². The third-order valence-electron chi connectivity index (χ3n) is 8.73. The molecule has 5 aliphatic rings. The van der Waals surface area contributed by atoms with Crippen molar-refractivity contribution in [1.29, 1.82) is 0 Å². The molecule has 1 N–H and O–H groups in total. The fourth-order valence-electron chi connectivity index (χ4n) is 6.83. The van der Waals surface area contributed by atoms with Crippen LogP contribution in [0.15, 0.2) is 30.6 Å². The highest BCUT2D eigenvalue weighted by atomic mass is 16.5. The summed E-state index contributed by atoms with van der Waals surface area (Å²) in [5, 5.41) is 20.4. The summed E-state index contributed by atoms with van der Waals surface area (Å²) in [7, 11) is 0. The van der Waals surface area contributed by atoms with E-state index in [2.05, 4.69) is 15.3 Å². The van der Waals surface area contributed by atoms with Crippen molar-refractivity contribution < 1.29 is 24.1 Å². The summed E-state index contributed by atoms with van der Waals surface area (Å²) in [5.74, 6) is 0.665. The molecule has 1 aromatic carbocycles. The molecule has 1 aliphatic carbocycles. The second-order valence-electron chi connectivity index (χ2n) is 12.0. The van der Waals surface area contributed by atoms with Gasteiger partial charge in [-0.05, 0) is 62.9 Å². The number of aliphatic hydroxyl groups is 1. The molecular weight excluding hydrogens is 486 g/mol. The molecule has 0 radical (unpaired) electrons. The number of carbonyl (C=O) groups is 1.